The average molecular weight is 284 g/mol. The predicted octanol–water partition coefficient (Wildman–Crippen LogP) is 3.80. The number of fused-ring (bicyclic) bond motifs is 1. The summed E-state index contributed by atoms with van der Waals surface area (Å²) in [4.78, 5) is 17.1. The van der Waals surface area contributed by atoms with Crippen molar-refractivity contribution < 1.29 is 9.53 Å². The van der Waals surface area contributed by atoms with E-state index in [2.05, 4.69) is 23.2 Å². The SMILES string of the molecule is CC(C)(C)OC(=O)N1CC=C(c2c[nH]c3ccccc23)C1. The van der Waals surface area contributed by atoms with Crippen molar-refractivity contribution in [3.05, 3.63) is 42.1 Å². The number of hydrogen-bond donors (Lipinski definition) is 1. The molecule has 0 saturated carbocycles. The molecule has 1 amide bonds. The number of nitrogens with one attached hydrogen (secondary N) is 1. The summed E-state index contributed by atoms with van der Waals surface area (Å²) in [6.45, 7) is 6.85. The van der Waals surface area contributed by atoms with Crippen LogP contribution < -0.4 is 0 Å². The summed E-state index contributed by atoms with van der Waals surface area (Å²) >= 11 is 0. The fourth-order valence-corrected chi connectivity index (χ4v) is 2.55. The summed E-state index contributed by atoms with van der Waals surface area (Å²) in [6.07, 6.45) is 3.85. The third kappa shape index (κ3) is 2.79. The van der Waals surface area contributed by atoms with Gasteiger partial charge in [0.15, 0.2) is 0 Å². The smallest absolute Gasteiger partial charge is 0.410 e. The molecule has 4 nitrogen and oxygen atoms in total. The van der Waals surface area contributed by atoms with Gasteiger partial charge in [0.2, 0.25) is 0 Å². The number of ether oxygens (including phenoxy) is 1. The molecule has 21 heavy (non-hydrogen) atoms. The third-order valence-corrected chi connectivity index (χ3v) is 3.51. The topological polar surface area (TPSA) is 45.3 Å². The summed E-state index contributed by atoms with van der Waals surface area (Å²) in [5.74, 6) is 0. The van der Waals surface area contributed by atoms with Gasteiger partial charge in [0.25, 0.3) is 0 Å². The zero-order valence-electron chi connectivity index (χ0n) is 12.6. The normalized spacial score (nSPS) is 15.4. The molecule has 0 atom stereocenters. The molecule has 0 fully saturated rings. The van der Waals surface area contributed by atoms with Gasteiger partial charge in [-0.25, -0.2) is 4.79 Å². The van der Waals surface area contributed by atoms with E-state index in [9.17, 15) is 4.79 Å². The van der Waals surface area contributed by atoms with E-state index < -0.39 is 5.60 Å². The van der Waals surface area contributed by atoms with Crippen molar-refractivity contribution in [1.82, 2.24) is 9.88 Å². The number of aromatic nitrogens is 1. The number of benzene rings is 1. The molecule has 110 valence electrons. The molecule has 1 aliphatic rings. The van der Waals surface area contributed by atoms with E-state index >= 15 is 0 Å². The second kappa shape index (κ2) is 4.95. The lowest BCUT2D eigenvalue weighted by molar-refractivity contribution is 0.0306. The highest BCUT2D eigenvalue weighted by molar-refractivity contribution is 5.94. The van der Waals surface area contributed by atoms with Crippen molar-refractivity contribution in [3.8, 4) is 0 Å². The highest BCUT2D eigenvalue weighted by Gasteiger charge is 2.26. The molecule has 0 saturated heterocycles. The van der Waals surface area contributed by atoms with Crippen LogP contribution in [0, 0.1) is 0 Å². The number of carbonyl (C=O) groups excluding carboxylic acids is 1. The standard InChI is InChI=1S/C17H20N2O2/c1-17(2,3)21-16(20)19-9-8-12(11-19)14-10-18-15-7-5-4-6-13(14)15/h4-8,10,18H,9,11H2,1-3H3. The number of hydrogen-bond acceptors (Lipinski definition) is 2. The second-order valence-corrected chi connectivity index (χ2v) is 6.34. The summed E-state index contributed by atoms with van der Waals surface area (Å²) in [5.41, 5.74) is 2.99. The van der Waals surface area contributed by atoms with Crippen LogP contribution in [0.4, 0.5) is 4.79 Å². The Bertz CT molecular complexity index is 707. The van der Waals surface area contributed by atoms with Crippen LogP contribution in [-0.4, -0.2) is 34.7 Å². The quantitative estimate of drug-likeness (QED) is 0.865. The van der Waals surface area contributed by atoms with Crippen LogP contribution in [0.15, 0.2) is 36.5 Å². The molecule has 2 heterocycles. The molecule has 2 aromatic rings. The van der Waals surface area contributed by atoms with Gasteiger partial charge >= 0.3 is 6.09 Å². The molecule has 3 rings (SSSR count). The molecule has 1 aliphatic heterocycles. The lowest BCUT2D eigenvalue weighted by Crippen LogP contribution is -2.35. The summed E-state index contributed by atoms with van der Waals surface area (Å²) in [6, 6.07) is 8.19. The molecule has 0 unspecified atom stereocenters. The van der Waals surface area contributed by atoms with Crippen LogP contribution in [-0.2, 0) is 4.74 Å². The van der Waals surface area contributed by atoms with Crippen LogP contribution in [0.2, 0.25) is 0 Å². The summed E-state index contributed by atoms with van der Waals surface area (Å²) in [5, 5.41) is 1.19. The van der Waals surface area contributed by atoms with Gasteiger partial charge in [0.05, 0.1) is 0 Å². The molecular formula is C17H20N2O2. The fraction of sp³-hybridized carbons (Fsp3) is 0.353. The number of para-hydroxylation sites is 1. The average Bonchev–Trinajstić information content (AvgIpc) is 3.03. The monoisotopic (exact) mass is 284 g/mol. The van der Waals surface area contributed by atoms with E-state index in [4.69, 9.17) is 4.74 Å². The Balaban J connectivity index is 1.77. The maximum Gasteiger partial charge on any atom is 0.410 e. The first kappa shape index (κ1) is 13.7. The Kier molecular flexibility index (Phi) is 3.24. The Morgan fingerprint density at radius 1 is 1.29 bits per heavy atom. The number of nitrogens with zero attached hydrogens (tertiary/aromatic N) is 1. The predicted molar refractivity (Wildman–Crippen MR) is 84.1 cm³/mol. The number of aromatic amines is 1. The van der Waals surface area contributed by atoms with E-state index in [1.165, 1.54) is 11.0 Å². The molecule has 0 bridgehead atoms. The lowest BCUT2D eigenvalue weighted by Gasteiger charge is -2.24. The minimum Gasteiger partial charge on any atom is -0.444 e. The van der Waals surface area contributed by atoms with Gasteiger partial charge in [-0.15, -0.1) is 0 Å². The van der Waals surface area contributed by atoms with Gasteiger partial charge in [0.1, 0.15) is 5.60 Å². The van der Waals surface area contributed by atoms with E-state index in [0.29, 0.717) is 13.1 Å². The zero-order chi connectivity index (χ0) is 15.0. The number of H-pyrrole nitrogens is 1. The van der Waals surface area contributed by atoms with Crippen LogP contribution in [0.5, 0.6) is 0 Å². The Labute approximate surface area is 124 Å². The number of carbonyl (C=O) groups is 1. The number of rotatable bonds is 1. The van der Waals surface area contributed by atoms with Gasteiger partial charge in [-0.05, 0) is 32.4 Å². The largest absolute Gasteiger partial charge is 0.444 e. The zero-order valence-corrected chi connectivity index (χ0v) is 12.6. The maximum absolute atomic E-state index is 12.1. The minimum atomic E-state index is -0.458. The van der Waals surface area contributed by atoms with Gasteiger partial charge in [-0.1, -0.05) is 24.3 Å². The van der Waals surface area contributed by atoms with Gasteiger partial charge in [-0.2, -0.15) is 0 Å². The van der Waals surface area contributed by atoms with Crippen molar-refractivity contribution in [2.24, 2.45) is 0 Å². The Hall–Kier alpha value is -2.23. The first-order chi connectivity index (χ1) is 9.94. The van der Waals surface area contributed by atoms with Crippen molar-refractivity contribution in [2.45, 2.75) is 26.4 Å². The maximum atomic E-state index is 12.1. The highest BCUT2D eigenvalue weighted by atomic mass is 16.6. The van der Waals surface area contributed by atoms with Crippen LogP contribution >= 0.6 is 0 Å². The molecule has 1 aromatic carbocycles. The van der Waals surface area contributed by atoms with Crippen molar-refractivity contribution in [2.75, 3.05) is 13.1 Å². The highest BCUT2D eigenvalue weighted by Crippen LogP contribution is 2.28. The van der Waals surface area contributed by atoms with Gasteiger partial charge in [0, 0.05) is 35.8 Å². The van der Waals surface area contributed by atoms with Crippen molar-refractivity contribution in [1.29, 1.82) is 0 Å². The van der Waals surface area contributed by atoms with Crippen LogP contribution in [0.3, 0.4) is 0 Å². The lowest BCUT2D eigenvalue weighted by atomic mass is 10.1. The Morgan fingerprint density at radius 3 is 2.81 bits per heavy atom. The Morgan fingerprint density at radius 2 is 2.05 bits per heavy atom. The molecule has 0 spiro atoms. The molecule has 1 aromatic heterocycles. The van der Waals surface area contributed by atoms with Gasteiger partial charge < -0.3 is 14.6 Å². The third-order valence-electron chi connectivity index (χ3n) is 3.51. The molecule has 4 heteroatoms. The number of amides is 1. The first-order valence-corrected chi connectivity index (χ1v) is 7.17. The molecule has 1 N–H and O–H groups in total. The van der Waals surface area contributed by atoms with Crippen LogP contribution in [0.25, 0.3) is 16.5 Å². The summed E-state index contributed by atoms with van der Waals surface area (Å²) in [7, 11) is 0. The van der Waals surface area contributed by atoms with Crippen molar-refractivity contribution in [3.63, 3.8) is 0 Å². The van der Waals surface area contributed by atoms with Crippen LogP contribution in [0.1, 0.15) is 26.3 Å². The van der Waals surface area contributed by atoms with E-state index in [1.54, 1.807) is 4.90 Å². The molecular weight excluding hydrogens is 264 g/mol. The second-order valence-electron chi connectivity index (χ2n) is 6.34. The van der Waals surface area contributed by atoms with E-state index in [0.717, 1.165) is 11.1 Å². The van der Waals surface area contributed by atoms with E-state index in [-0.39, 0.29) is 6.09 Å². The van der Waals surface area contributed by atoms with Crippen molar-refractivity contribution >= 4 is 22.6 Å². The van der Waals surface area contributed by atoms with E-state index in [1.807, 2.05) is 39.1 Å². The summed E-state index contributed by atoms with van der Waals surface area (Å²) < 4.78 is 5.42. The first-order valence-electron chi connectivity index (χ1n) is 7.17. The molecule has 0 radical (unpaired) electrons. The van der Waals surface area contributed by atoms with Gasteiger partial charge in [-0.3, -0.25) is 0 Å². The molecule has 0 aliphatic carbocycles. The minimum absolute atomic E-state index is 0.256. The fourth-order valence-electron chi connectivity index (χ4n) is 2.55.